The van der Waals surface area contributed by atoms with Crippen molar-refractivity contribution in [3.8, 4) is 5.75 Å². The molecule has 0 bridgehead atoms. The average molecular weight is 309 g/mol. The van der Waals surface area contributed by atoms with Crippen LogP contribution in [0.1, 0.15) is 50.6 Å². The second kappa shape index (κ2) is 8.54. The van der Waals surface area contributed by atoms with Gasteiger partial charge in [-0.1, -0.05) is 31.9 Å². The molecule has 1 fully saturated rings. The normalized spacial score (nSPS) is 18.6. The Labute approximate surface area is 130 Å². The maximum atomic E-state index is 12.6. The van der Waals surface area contributed by atoms with E-state index in [1.165, 1.54) is 18.4 Å². The van der Waals surface area contributed by atoms with Gasteiger partial charge in [0.2, 0.25) is 0 Å². The highest BCUT2D eigenvalue weighted by Gasteiger charge is 2.24. The average Bonchev–Trinajstić information content (AvgIpc) is 3.05. The van der Waals surface area contributed by atoms with Gasteiger partial charge in [0.05, 0.1) is 7.11 Å². The van der Waals surface area contributed by atoms with Gasteiger partial charge in [-0.3, -0.25) is 4.21 Å². The molecule has 0 saturated heterocycles. The predicted octanol–water partition coefficient (Wildman–Crippen LogP) is 3.43. The first-order valence-corrected chi connectivity index (χ1v) is 9.37. The van der Waals surface area contributed by atoms with Crippen LogP contribution in [0.4, 0.5) is 0 Å². The van der Waals surface area contributed by atoms with E-state index in [-0.39, 0.29) is 6.04 Å². The van der Waals surface area contributed by atoms with Crippen molar-refractivity contribution >= 4 is 10.8 Å². The molecule has 1 aliphatic rings. The van der Waals surface area contributed by atoms with E-state index in [1.54, 1.807) is 7.11 Å². The van der Waals surface area contributed by atoms with Crippen LogP contribution in [0.2, 0.25) is 0 Å². The molecule has 4 heteroatoms. The van der Waals surface area contributed by atoms with Gasteiger partial charge < -0.3 is 10.1 Å². The smallest absolute Gasteiger partial charge is 0.119 e. The van der Waals surface area contributed by atoms with Gasteiger partial charge in [-0.05, 0) is 43.5 Å². The molecule has 3 nitrogen and oxygen atoms in total. The highest BCUT2D eigenvalue weighted by Crippen LogP contribution is 2.26. The third-order valence-corrected chi connectivity index (χ3v) is 6.02. The summed E-state index contributed by atoms with van der Waals surface area (Å²) in [5.74, 6) is 1.57. The van der Waals surface area contributed by atoms with Crippen LogP contribution in [0.3, 0.4) is 0 Å². The maximum Gasteiger partial charge on any atom is 0.119 e. The summed E-state index contributed by atoms with van der Waals surface area (Å²) in [7, 11) is 0.944. The van der Waals surface area contributed by atoms with Crippen molar-refractivity contribution in [1.82, 2.24) is 5.32 Å². The van der Waals surface area contributed by atoms with Crippen molar-refractivity contribution in [2.45, 2.75) is 50.3 Å². The summed E-state index contributed by atoms with van der Waals surface area (Å²) in [4.78, 5) is 0. The molecule has 0 aromatic heterocycles. The van der Waals surface area contributed by atoms with Crippen molar-refractivity contribution < 1.29 is 8.95 Å². The zero-order valence-electron chi connectivity index (χ0n) is 13.1. The highest BCUT2D eigenvalue weighted by atomic mass is 32.2. The van der Waals surface area contributed by atoms with Gasteiger partial charge in [-0.15, -0.1) is 0 Å². The van der Waals surface area contributed by atoms with Crippen molar-refractivity contribution in [2.75, 3.05) is 19.4 Å². The van der Waals surface area contributed by atoms with Crippen molar-refractivity contribution in [3.63, 3.8) is 0 Å². The quantitative estimate of drug-likeness (QED) is 0.799. The zero-order valence-corrected chi connectivity index (χ0v) is 14.0. The molecule has 1 aromatic rings. The summed E-state index contributed by atoms with van der Waals surface area (Å²) in [5.41, 5.74) is 1.18. The molecule has 2 unspecified atom stereocenters. The second-order valence-electron chi connectivity index (χ2n) is 5.74. The number of benzene rings is 1. The third kappa shape index (κ3) is 4.82. The zero-order chi connectivity index (χ0) is 15.1. The number of hydrogen-bond acceptors (Lipinski definition) is 3. The molecule has 1 aromatic carbocycles. The summed E-state index contributed by atoms with van der Waals surface area (Å²) in [6, 6.07) is 8.27. The molecule has 2 atom stereocenters. The fourth-order valence-electron chi connectivity index (χ4n) is 2.90. The van der Waals surface area contributed by atoms with E-state index >= 15 is 0 Å². The van der Waals surface area contributed by atoms with Crippen LogP contribution < -0.4 is 10.1 Å². The van der Waals surface area contributed by atoms with Gasteiger partial charge in [-0.2, -0.15) is 0 Å². The van der Waals surface area contributed by atoms with E-state index in [0.29, 0.717) is 11.0 Å². The van der Waals surface area contributed by atoms with Crippen molar-refractivity contribution in [2.24, 2.45) is 0 Å². The number of rotatable bonds is 8. The lowest BCUT2D eigenvalue weighted by molar-refractivity contribution is 0.413. The Kier molecular flexibility index (Phi) is 6.71. The topological polar surface area (TPSA) is 38.3 Å². The van der Waals surface area contributed by atoms with Crippen LogP contribution in [-0.4, -0.2) is 28.9 Å². The molecule has 1 N–H and O–H groups in total. The molecule has 2 rings (SSSR count). The van der Waals surface area contributed by atoms with Gasteiger partial charge in [0.25, 0.3) is 0 Å². The summed E-state index contributed by atoms with van der Waals surface area (Å²) in [6.07, 6.45) is 5.82. The second-order valence-corrected chi connectivity index (χ2v) is 7.50. The minimum absolute atomic E-state index is 0.154. The fourth-order valence-corrected chi connectivity index (χ4v) is 4.67. The number of hydrogen-bond donors (Lipinski definition) is 1. The van der Waals surface area contributed by atoms with E-state index in [9.17, 15) is 4.21 Å². The first-order chi connectivity index (χ1) is 10.2. The molecule has 118 valence electrons. The van der Waals surface area contributed by atoms with Crippen LogP contribution in [0.15, 0.2) is 24.3 Å². The summed E-state index contributed by atoms with van der Waals surface area (Å²) in [5, 5.41) is 3.95. The van der Waals surface area contributed by atoms with Crippen LogP contribution >= 0.6 is 0 Å². The Bertz CT molecular complexity index is 458. The lowest BCUT2D eigenvalue weighted by Crippen LogP contribution is -2.29. The summed E-state index contributed by atoms with van der Waals surface area (Å²) < 4.78 is 17.9. The van der Waals surface area contributed by atoms with Crippen LogP contribution in [0.25, 0.3) is 0 Å². The first-order valence-electron chi connectivity index (χ1n) is 7.99. The monoisotopic (exact) mass is 309 g/mol. The Morgan fingerprint density at radius 3 is 2.81 bits per heavy atom. The molecule has 21 heavy (non-hydrogen) atoms. The third-order valence-electron chi connectivity index (χ3n) is 4.14. The SMILES string of the molecule is CCCNC(CS(=O)C1CCCC1)c1cccc(OC)c1. The van der Waals surface area contributed by atoms with Crippen LogP contribution in [0.5, 0.6) is 5.75 Å². The number of nitrogens with one attached hydrogen (secondary N) is 1. The first kappa shape index (κ1) is 16.5. The van der Waals surface area contributed by atoms with Gasteiger partial charge in [0.15, 0.2) is 0 Å². The lowest BCUT2D eigenvalue weighted by atomic mass is 10.1. The molecular formula is C17H27NO2S. The Balaban J connectivity index is 2.07. The van der Waals surface area contributed by atoms with Gasteiger partial charge in [-0.25, -0.2) is 0 Å². The van der Waals surface area contributed by atoms with E-state index in [0.717, 1.165) is 31.6 Å². The van der Waals surface area contributed by atoms with Gasteiger partial charge in [0, 0.05) is 27.8 Å². The highest BCUT2D eigenvalue weighted by molar-refractivity contribution is 7.85. The van der Waals surface area contributed by atoms with E-state index in [4.69, 9.17) is 4.74 Å². The standard InChI is InChI=1S/C17H27NO2S/c1-3-11-18-17(13-21(19)16-9-4-5-10-16)14-7-6-8-15(12-14)20-2/h6-8,12,16-18H,3-5,9-11,13H2,1-2H3. The lowest BCUT2D eigenvalue weighted by Gasteiger charge is -2.21. The molecule has 0 heterocycles. The van der Waals surface area contributed by atoms with E-state index < -0.39 is 10.8 Å². The predicted molar refractivity (Wildman–Crippen MR) is 89.3 cm³/mol. The fraction of sp³-hybridized carbons (Fsp3) is 0.647. The molecule has 1 saturated carbocycles. The molecule has 0 amide bonds. The van der Waals surface area contributed by atoms with E-state index in [1.807, 2.05) is 12.1 Å². The minimum Gasteiger partial charge on any atom is -0.497 e. The van der Waals surface area contributed by atoms with Crippen molar-refractivity contribution in [1.29, 1.82) is 0 Å². The largest absolute Gasteiger partial charge is 0.497 e. The van der Waals surface area contributed by atoms with Crippen LogP contribution in [-0.2, 0) is 10.8 Å². The molecule has 0 radical (unpaired) electrons. The van der Waals surface area contributed by atoms with Gasteiger partial charge >= 0.3 is 0 Å². The van der Waals surface area contributed by atoms with E-state index in [2.05, 4.69) is 24.4 Å². The summed E-state index contributed by atoms with van der Waals surface area (Å²) >= 11 is 0. The molecule has 0 aliphatic heterocycles. The van der Waals surface area contributed by atoms with Crippen LogP contribution in [0, 0.1) is 0 Å². The minimum atomic E-state index is -0.741. The van der Waals surface area contributed by atoms with Crippen molar-refractivity contribution in [3.05, 3.63) is 29.8 Å². The number of methoxy groups -OCH3 is 1. The molecule has 0 spiro atoms. The molecular weight excluding hydrogens is 282 g/mol. The maximum absolute atomic E-state index is 12.6. The molecule has 1 aliphatic carbocycles. The Morgan fingerprint density at radius 2 is 2.14 bits per heavy atom. The summed E-state index contributed by atoms with van der Waals surface area (Å²) in [6.45, 7) is 3.10. The Morgan fingerprint density at radius 1 is 1.38 bits per heavy atom. The van der Waals surface area contributed by atoms with Gasteiger partial charge in [0.1, 0.15) is 5.75 Å². The Hall–Kier alpha value is -0.870. The number of ether oxygens (including phenoxy) is 1.